The van der Waals surface area contributed by atoms with E-state index >= 15 is 0 Å². The highest BCUT2D eigenvalue weighted by Crippen LogP contribution is 2.47. The maximum Gasteiger partial charge on any atom is 0.0525 e. The van der Waals surface area contributed by atoms with E-state index in [4.69, 9.17) is 10.5 Å². The lowest BCUT2D eigenvalue weighted by atomic mass is 9.63. The van der Waals surface area contributed by atoms with E-state index in [0.29, 0.717) is 5.41 Å². The Kier molecular flexibility index (Phi) is 3.45. The summed E-state index contributed by atoms with van der Waals surface area (Å²) in [5.41, 5.74) is 6.23. The molecule has 2 rings (SSSR count). The average Bonchev–Trinajstić information content (AvgIpc) is 2.23. The fourth-order valence-electron chi connectivity index (χ4n) is 3.39. The van der Waals surface area contributed by atoms with Crippen molar-refractivity contribution in [1.82, 2.24) is 0 Å². The smallest absolute Gasteiger partial charge is 0.0525 e. The van der Waals surface area contributed by atoms with Gasteiger partial charge in [-0.05, 0) is 43.6 Å². The highest BCUT2D eigenvalue weighted by Gasteiger charge is 2.41. The van der Waals surface area contributed by atoms with Gasteiger partial charge < -0.3 is 10.5 Å². The van der Waals surface area contributed by atoms with Crippen molar-refractivity contribution in [2.24, 2.45) is 17.1 Å². The molecule has 1 aliphatic carbocycles. The molecule has 0 bridgehead atoms. The molecule has 1 aliphatic heterocycles. The summed E-state index contributed by atoms with van der Waals surface area (Å²) in [6.45, 7) is 2.83. The van der Waals surface area contributed by atoms with Crippen LogP contribution in [0.3, 0.4) is 0 Å². The number of hydrogen-bond donors (Lipinski definition) is 1. The minimum absolute atomic E-state index is 0.524. The highest BCUT2D eigenvalue weighted by molar-refractivity contribution is 4.91. The Morgan fingerprint density at radius 1 is 1.21 bits per heavy atom. The molecule has 14 heavy (non-hydrogen) atoms. The van der Waals surface area contributed by atoms with Gasteiger partial charge >= 0.3 is 0 Å². The Bertz CT molecular complexity index is 165. The molecule has 82 valence electrons. The predicted molar refractivity (Wildman–Crippen MR) is 58.1 cm³/mol. The molecule has 2 fully saturated rings. The van der Waals surface area contributed by atoms with Crippen LogP contribution in [-0.4, -0.2) is 19.8 Å². The first-order valence-corrected chi connectivity index (χ1v) is 6.15. The van der Waals surface area contributed by atoms with Gasteiger partial charge in [0.25, 0.3) is 0 Å². The zero-order valence-electron chi connectivity index (χ0n) is 9.13. The summed E-state index contributed by atoms with van der Waals surface area (Å²) in [6, 6.07) is 0. The number of hydrogen-bond acceptors (Lipinski definition) is 2. The lowest BCUT2D eigenvalue weighted by Crippen LogP contribution is -2.42. The summed E-state index contributed by atoms with van der Waals surface area (Å²) in [6.07, 6.45) is 9.47. The van der Waals surface area contributed by atoms with Gasteiger partial charge in [0.05, 0.1) is 6.61 Å². The van der Waals surface area contributed by atoms with E-state index in [9.17, 15) is 0 Å². The molecule has 1 unspecified atom stereocenters. The topological polar surface area (TPSA) is 35.2 Å². The quantitative estimate of drug-likeness (QED) is 0.737. The van der Waals surface area contributed by atoms with Crippen molar-refractivity contribution in [3.63, 3.8) is 0 Å². The van der Waals surface area contributed by atoms with Crippen LogP contribution in [0.25, 0.3) is 0 Å². The van der Waals surface area contributed by atoms with Crippen LogP contribution in [0.15, 0.2) is 0 Å². The van der Waals surface area contributed by atoms with Gasteiger partial charge in [-0.3, -0.25) is 0 Å². The molecule has 2 N–H and O–H groups in total. The second-order valence-electron chi connectivity index (χ2n) is 5.04. The largest absolute Gasteiger partial charge is 0.381 e. The van der Waals surface area contributed by atoms with Crippen LogP contribution < -0.4 is 5.73 Å². The maximum absolute atomic E-state index is 5.71. The summed E-state index contributed by atoms with van der Waals surface area (Å²) in [7, 11) is 0. The lowest BCUT2D eigenvalue weighted by molar-refractivity contribution is -0.0739. The molecule has 0 radical (unpaired) electrons. The number of nitrogens with two attached hydrogens (primary N) is 1. The Morgan fingerprint density at radius 3 is 2.71 bits per heavy atom. The summed E-state index contributed by atoms with van der Waals surface area (Å²) >= 11 is 0. The normalized spacial score (nSPS) is 31.9. The van der Waals surface area contributed by atoms with E-state index in [0.717, 1.165) is 25.7 Å². The van der Waals surface area contributed by atoms with Gasteiger partial charge in [-0.15, -0.1) is 0 Å². The monoisotopic (exact) mass is 197 g/mol. The first-order valence-electron chi connectivity index (χ1n) is 6.15. The molecular formula is C12H23NO. The van der Waals surface area contributed by atoms with Crippen molar-refractivity contribution < 1.29 is 4.74 Å². The molecule has 0 aromatic rings. The second kappa shape index (κ2) is 4.63. The van der Waals surface area contributed by atoms with Gasteiger partial charge in [-0.1, -0.05) is 19.3 Å². The first kappa shape index (κ1) is 10.4. The second-order valence-corrected chi connectivity index (χ2v) is 5.04. The van der Waals surface area contributed by atoms with E-state index < -0.39 is 0 Å². The molecule has 2 heteroatoms. The molecule has 0 aromatic carbocycles. The van der Waals surface area contributed by atoms with Crippen molar-refractivity contribution >= 4 is 0 Å². The maximum atomic E-state index is 5.71. The van der Waals surface area contributed by atoms with Crippen LogP contribution in [0.2, 0.25) is 0 Å². The number of rotatable bonds is 2. The van der Waals surface area contributed by atoms with E-state index in [-0.39, 0.29) is 0 Å². The Hall–Kier alpha value is -0.0800. The Labute approximate surface area is 87.2 Å². The molecule has 1 heterocycles. The molecule has 2 aliphatic rings. The minimum atomic E-state index is 0.524. The molecule has 2 nitrogen and oxygen atoms in total. The molecule has 1 atom stereocenters. The zero-order valence-corrected chi connectivity index (χ0v) is 9.13. The Balaban J connectivity index is 2.02. The van der Waals surface area contributed by atoms with E-state index in [1.54, 1.807) is 0 Å². The average molecular weight is 197 g/mol. The van der Waals surface area contributed by atoms with Crippen LogP contribution in [0.4, 0.5) is 0 Å². The van der Waals surface area contributed by atoms with E-state index in [1.165, 1.54) is 44.9 Å². The third kappa shape index (κ3) is 1.96. The van der Waals surface area contributed by atoms with Gasteiger partial charge in [0.15, 0.2) is 0 Å². The first-order chi connectivity index (χ1) is 6.87. The fourth-order valence-corrected chi connectivity index (χ4v) is 3.39. The summed E-state index contributed by atoms with van der Waals surface area (Å²) < 4.78 is 5.70. The van der Waals surface area contributed by atoms with E-state index in [2.05, 4.69) is 0 Å². The lowest BCUT2D eigenvalue weighted by Gasteiger charge is -2.46. The SMILES string of the molecule is NCCC1CCOCC12CCCCC2. The van der Waals surface area contributed by atoms with Gasteiger partial charge in [0.2, 0.25) is 0 Å². The van der Waals surface area contributed by atoms with Crippen molar-refractivity contribution in [3.05, 3.63) is 0 Å². The van der Waals surface area contributed by atoms with Crippen molar-refractivity contribution in [2.75, 3.05) is 19.8 Å². The van der Waals surface area contributed by atoms with Crippen molar-refractivity contribution in [1.29, 1.82) is 0 Å². The Morgan fingerprint density at radius 2 is 2.00 bits per heavy atom. The van der Waals surface area contributed by atoms with Crippen LogP contribution in [-0.2, 0) is 4.74 Å². The van der Waals surface area contributed by atoms with Crippen LogP contribution in [0.1, 0.15) is 44.9 Å². The van der Waals surface area contributed by atoms with Crippen LogP contribution >= 0.6 is 0 Å². The van der Waals surface area contributed by atoms with E-state index in [1.807, 2.05) is 0 Å². The summed E-state index contributed by atoms with van der Waals surface area (Å²) in [5, 5.41) is 0. The minimum Gasteiger partial charge on any atom is -0.381 e. The summed E-state index contributed by atoms with van der Waals surface area (Å²) in [4.78, 5) is 0. The molecule has 1 spiro atoms. The van der Waals surface area contributed by atoms with Crippen LogP contribution in [0, 0.1) is 11.3 Å². The number of ether oxygens (including phenoxy) is 1. The predicted octanol–water partition coefficient (Wildman–Crippen LogP) is 2.32. The molecule has 1 saturated heterocycles. The fraction of sp³-hybridized carbons (Fsp3) is 1.00. The van der Waals surface area contributed by atoms with Crippen molar-refractivity contribution in [3.8, 4) is 0 Å². The molecule has 0 aromatic heterocycles. The van der Waals surface area contributed by atoms with Gasteiger partial charge in [-0.2, -0.15) is 0 Å². The van der Waals surface area contributed by atoms with Gasteiger partial charge in [-0.25, -0.2) is 0 Å². The summed E-state index contributed by atoms with van der Waals surface area (Å²) in [5.74, 6) is 0.849. The van der Waals surface area contributed by atoms with Crippen LogP contribution in [0.5, 0.6) is 0 Å². The standard InChI is InChI=1S/C12H23NO/c13-8-4-11-5-9-14-10-12(11)6-2-1-3-7-12/h11H,1-10,13H2. The molecular weight excluding hydrogens is 174 g/mol. The molecule has 1 saturated carbocycles. The molecule has 0 amide bonds. The van der Waals surface area contributed by atoms with Gasteiger partial charge in [0, 0.05) is 6.61 Å². The third-order valence-electron chi connectivity index (χ3n) is 4.23. The highest BCUT2D eigenvalue weighted by atomic mass is 16.5. The van der Waals surface area contributed by atoms with Gasteiger partial charge in [0.1, 0.15) is 0 Å². The third-order valence-corrected chi connectivity index (χ3v) is 4.23. The van der Waals surface area contributed by atoms with Crippen molar-refractivity contribution in [2.45, 2.75) is 44.9 Å². The zero-order chi connectivity index (χ0) is 9.86.